The molecule has 2 saturated carbocycles. The summed E-state index contributed by atoms with van der Waals surface area (Å²) in [4.78, 5) is 12.7. The van der Waals surface area contributed by atoms with Crippen LogP contribution in [0, 0.1) is 29.1 Å². The Hall–Kier alpha value is -1.82. The minimum atomic E-state index is -4.29. The standard InChI is InChI=1S/C21H22ClF3N4O/c22-13-4-1-11(2-5-13)20(7-8-20)17-15(10-26)18-27-19(30)14-9-12(21(23,24)25)3-6-16(14)29(18)28-17/h1-2,4-5,12,14-18,28H,3,6-9H2,(H,27,30). The Kier molecular flexibility index (Phi) is 4.58. The molecule has 160 valence electrons. The number of halogens is 4. The summed E-state index contributed by atoms with van der Waals surface area (Å²) >= 11 is 6.03. The van der Waals surface area contributed by atoms with Gasteiger partial charge >= 0.3 is 6.18 Å². The molecule has 0 bridgehead atoms. The zero-order valence-electron chi connectivity index (χ0n) is 16.1. The molecule has 1 amide bonds. The predicted molar refractivity (Wildman–Crippen MR) is 103 cm³/mol. The number of benzene rings is 1. The minimum absolute atomic E-state index is 0.00700. The molecule has 6 unspecified atom stereocenters. The van der Waals surface area contributed by atoms with Crippen LogP contribution >= 0.6 is 11.6 Å². The van der Waals surface area contributed by atoms with Crippen LogP contribution in [0.1, 0.15) is 37.7 Å². The van der Waals surface area contributed by atoms with Gasteiger partial charge in [0, 0.05) is 16.5 Å². The van der Waals surface area contributed by atoms with Gasteiger partial charge in [-0.1, -0.05) is 23.7 Å². The zero-order chi connectivity index (χ0) is 21.3. The summed E-state index contributed by atoms with van der Waals surface area (Å²) in [6, 6.07) is 9.42. The third-order valence-corrected chi connectivity index (χ3v) is 7.75. The van der Waals surface area contributed by atoms with Crippen molar-refractivity contribution in [3.05, 3.63) is 34.9 Å². The highest BCUT2D eigenvalue weighted by Crippen LogP contribution is 2.56. The summed E-state index contributed by atoms with van der Waals surface area (Å²) in [5.74, 6) is -3.03. The first-order valence-corrected chi connectivity index (χ1v) is 10.7. The van der Waals surface area contributed by atoms with E-state index in [0.29, 0.717) is 5.02 Å². The summed E-state index contributed by atoms with van der Waals surface area (Å²) in [6.07, 6.45) is -2.91. The second-order valence-electron chi connectivity index (χ2n) is 9.01. The van der Waals surface area contributed by atoms with Gasteiger partial charge < -0.3 is 5.32 Å². The van der Waals surface area contributed by atoms with E-state index in [0.717, 1.165) is 18.4 Å². The molecule has 30 heavy (non-hydrogen) atoms. The van der Waals surface area contributed by atoms with Gasteiger partial charge in [0.15, 0.2) is 0 Å². The van der Waals surface area contributed by atoms with Crippen LogP contribution in [0.3, 0.4) is 0 Å². The average molecular weight is 439 g/mol. The number of nitrogens with one attached hydrogen (secondary N) is 2. The van der Waals surface area contributed by atoms with Gasteiger partial charge in [-0.3, -0.25) is 4.79 Å². The van der Waals surface area contributed by atoms with E-state index in [1.165, 1.54) is 0 Å². The molecule has 1 aromatic rings. The van der Waals surface area contributed by atoms with E-state index in [2.05, 4.69) is 16.8 Å². The lowest BCUT2D eigenvalue weighted by atomic mass is 9.75. The number of nitrogens with zero attached hydrogens (tertiary/aromatic N) is 2. The maximum atomic E-state index is 13.2. The summed E-state index contributed by atoms with van der Waals surface area (Å²) in [6.45, 7) is 0. The second-order valence-corrected chi connectivity index (χ2v) is 9.45. The van der Waals surface area contributed by atoms with Crippen molar-refractivity contribution >= 4 is 17.5 Å². The Balaban J connectivity index is 1.43. The number of carbonyl (C=O) groups excluding carboxylic acids is 1. The fourth-order valence-corrected chi connectivity index (χ4v) is 5.89. The molecule has 0 radical (unpaired) electrons. The first kappa shape index (κ1) is 20.1. The van der Waals surface area contributed by atoms with Gasteiger partial charge in [0.05, 0.1) is 29.9 Å². The first-order chi connectivity index (χ1) is 14.2. The monoisotopic (exact) mass is 438 g/mol. The number of carbonyl (C=O) groups is 1. The Morgan fingerprint density at radius 2 is 1.90 bits per heavy atom. The van der Waals surface area contributed by atoms with Gasteiger partial charge in [-0.15, -0.1) is 0 Å². The van der Waals surface area contributed by atoms with Crippen molar-refractivity contribution in [3.63, 3.8) is 0 Å². The fourth-order valence-electron chi connectivity index (χ4n) is 5.77. The molecule has 4 fully saturated rings. The highest BCUT2D eigenvalue weighted by atomic mass is 35.5. The molecule has 6 atom stereocenters. The third-order valence-electron chi connectivity index (χ3n) is 7.50. The van der Waals surface area contributed by atoms with E-state index in [4.69, 9.17) is 11.6 Å². The van der Waals surface area contributed by atoms with Crippen molar-refractivity contribution in [2.75, 3.05) is 0 Å². The van der Waals surface area contributed by atoms with E-state index < -0.39 is 30.1 Å². The molecule has 1 aromatic carbocycles. The smallest absolute Gasteiger partial charge is 0.338 e. The number of nitriles is 1. The number of amides is 1. The van der Waals surface area contributed by atoms with Crippen molar-refractivity contribution in [2.24, 2.45) is 17.8 Å². The molecule has 2 aliphatic carbocycles. The van der Waals surface area contributed by atoms with E-state index in [1.807, 2.05) is 29.3 Å². The summed E-state index contributed by atoms with van der Waals surface area (Å²) in [7, 11) is 0. The Labute approximate surface area is 177 Å². The van der Waals surface area contributed by atoms with Gasteiger partial charge in [0.1, 0.15) is 6.17 Å². The molecular formula is C21H22ClF3N4O. The fraction of sp³-hybridized carbons (Fsp3) is 0.619. The number of hydrogen-bond acceptors (Lipinski definition) is 4. The molecule has 5 nitrogen and oxygen atoms in total. The van der Waals surface area contributed by atoms with Gasteiger partial charge in [0.2, 0.25) is 5.91 Å². The predicted octanol–water partition coefficient (Wildman–Crippen LogP) is 3.50. The van der Waals surface area contributed by atoms with Crippen molar-refractivity contribution < 1.29 is 18.0 Å². The maximum Gasteiger partial charge on any atom is 0.391 e. The van der Waals surface area contributed by atoms with E-state index >= 15 is 0 Å². The lowest BCUT2D eigenvalue weighted by Gasteiger charge is -2.46. The second kappa shape index (κ2) is 6.84. The molecule has 2 heterocycles. The summed E-state index contributed by atoms with van der Waals surface area (Å²) in [5.41, 5.74) is 4.33. The molecule has 9 heteroatoms. The molecule has 2 aliphatic heterocycles. The summed E-state index contributed by atoms with van der Waals surface area (Å²) in [5, 5.41) is 15.3. The van der Waals surface area contributed by atoms with E-state index in [-0.39, 0.29) is 42.7 Å². The van der Waals surface area contributed by atoms with Gasteiger partial charge in [-0.05, 0) is 49.8 Å². The van der Waals surface area contributed by atoms with Gasteiger partial charge in [-0.25, -0.2) is 10.4 Å². The zero-order valence-corrected chi connectivity index (χ0v) is 16.9. The SMILES string of the molecule is N#CC1C2NC(=O)C3CC(C(F)(F)F)CCC3N2NC1C1(c2ccc(Cl)cc2)CC1. The van der Waals surface area contributed by atoms with Crippen LogP contribution in [0.2, 0.25) is 5.02 Å². The van der Waals surface area contributed by atoms with E-state index in [1.54, 1.807) is 0 Å². The molecule has 5 rings (SSSR count). The molecule has 2 N–H and O–H groups in total. The Bertz CT molecular complexity index is 895. The van der Waals surface area contributed by atoms with Gasteiger partial charge in [0.25, 0.3) is 0 Å². The lowest BCUT2D eigenvalue weighted by molar-refractivity contribution is -0.194. The number of hydrogen-bond donors (Lipinski definition) is 2. The van der Waals surface area contributed by atoms with Crippen LogP contribution in [-0.2, 0) is 10.2 Å². The average Bonchev–Trinajstić information content (AvgIpc) is 3.43. The number of fused-ring (bicyclic) bond motifs is 3. The Morgan fingerprint density at radius 1 is 1.20 bits per heavy atom. The van der Waals surface area contributed by atoms with Crippen molar-refractivity contribution in [3.8, 4) is 6.07 Å². The molecule has 2 saturated heterocycles. The topological polar surface area (TPSA) is 68.2 Å². The normalized spacial score (nSPS) is 37.6. The van der Waals surface area contributed by atoms with Crippen molar-refractivity contribution in [1.29, 1.82) is 5.26 Å². The highest BCUT2D eigenvalue weighted by Gasteiger charge is 2.63. The van der Waals surface area contributed by atoms with Crippen LogP contribution in [-0.4, -0.2) is 35.3 Å². The van der Waals surface area contributed by atoms with Crippen LogP contribution in [0.25, 0.3) is 0 Å². The maximum absolute atomic E-state index is 13.2. The van der Waals surface area contributed by atoms with Crippen LogP contribution in [0.5, 0.6) is 0 Å². The number of alkyl halides is 3. The quantitative estimate of drug-likeness (QED) is 0.741. The highest BCUT2D eigenvalue weighted by molar-refractivity contribution is 6.30. The molecular weight excluding hydrogens is 417 g/mol. The van der Waals surface area contributed by atoms with Crippen LogP contribution in [0.4, 0.5) is 13.2 Å². The van der Waals surface area contributed by atoms with Crippen LogP contribution < -0.4 is 10.7 Å². The van der Waals surface area contributed by atoms with Crippen molar-refractivity contribution in [1.82, 2.24) is 15.8 Å². The summed E-state index contributed by atoms with van der Waals surface area (Å²) < 4.78 is 39.7. The third kappa shape index (κ3) is 3.02. The molecule has 0 aromatic heterocycles. The number of hydrazine groups is 1. The van der Waals surface area contributed by atoms with E-state index in [9.17, 15) is 23.2 Å². The number of rotatable bonds is 2. The molecule has 0 spiro atoms. The van der Waals surface area contributed by atoms with Gasteiger partial charge in [-0.2, -0.15) is 18.4 Å². The largest absolute Gasteiger partial charge is 0.391 e. The van der Waals surface area contributed by atoms with Crippen molar-refractivity contribution in [2.45, 2.75) is 61.9 Å². The Morgan fingerprint density at radius 3 is 2.50 bits per heavy atom. The van der Waals surface area contributed by atoms with Crippen LogP contribution in [0.15, 0.2) is 24.3 Å². The molecule has 4 aliphatic rings. The first-order valence-electron chi connectivity index (χ1n) is 10.3. The lowest BCUT2D eigenvalue weighted by Crippen LogP contribution is -2.65. The minimum Gasteiger partial charge on any atom is -0.338 e.